The van der Waals surface area contributed by atoms with Crippen LogP contribution < -0.4 is 10.5 Å². The minimum absolute atomic E-state index is 0.334. The summed E-state index contributed by atoms with van der Waals surface area (Å²) in [6.07, 6.45) is 1.65. The van der Waals surface area contributed by atoms with Crippen LogP contribution in [0, 0.1) is 18.3 Å². The fourth-order valence-electron chi connectivity index (χ4n) is 1.55. The maximum absolute atomic E-state index is 8.84. The van der Waals surface area contributed by atoms with E-state index in [4.69, 9.17) is 15.7 Å². The lowest BCUT2D eigenvalue weighted by atomic mass is 10.1. The number of aromatic nitrogens is 1. The van der Waals surface area contributed by atoms with Crippen LogP contribution in [0.5, 0.6) is 5.75 Å². The molecule has 1 heterocycles. The van der Waals surface area contributed by atoms with Crippen molar-refractivity contribution in [2.45, 2.75) is 13.5 Å². The summed E-state index contributed by atoms with van der Waals surface area (Å²) in [6.45, 7) is 2.27. The number of anilines is 1. The molecule has 90 valence electrons. The quantitative estimate of drug-likeness (QED) is 0.892. The summed E-state index contributed by atoms with van der Waals surface area (Å²) < 4.78 is 5.65. The molecule has 0 aliphatic carbocycles. The summed E-state index contributed by atoms with van der Waals surface area (Å²) in [7, 11) is 0. The van der Waals surface area contributed by atoms with Crippen LogP contribution in [0.3, 0.4) is 0 Å². The van der Waals surface area contributed by atoms with Gasteiger partial charge in [-0.15, -0.1) is 0 Å². The van der Waals surface area contributed by atoms with E-state index in [9.17, 15) is 0 Å². The Hall–Kier alpha value is -2.54. The fraction of sp³-hybridized carbons (Fsp3) is 0.143. The van der Waals surface area contributed by atoms with Gasteiger partial charge in [0.1, 0.15) is 12.4 Å². The van der Waals surface area contributed by atoms with Crippen LogP contribution in [0.2, 0.25) is 0 Å². The van der Waals surface area contributed by atoms with Crippen LogP contribution in [0.4, 0.5) is 5.69 Å². The van der Waals surface area contributed by atoms with E-state index in [1.165, 1.54) is 0 Å². The summed E-state index contributed by atoms with van der Waals surface area (Å²) in [6, 6.07) is 10.9. The first kappa shape index (κ1) is 11.9. The van der Waals surface area contributed by atoms with Gasteiger partial charge in [-0.3, -0.25) is 4.98 Å². The normalized spacial score (nSPS) is 9.78. The smallest absolute Gasteiger partial charge is 0.130 e. The number of benzene rings is 1. The number of rotatable bonds is 3. The molecule has 0 saturated carbocycles. The first-order chi connectivity index (χ1) is 8.69. The number of hydrogen-bond acceptors (Lipinski definition) is 4. The van der Waals surface area contributed by atoms with Crippen molar-refractivity contribution in [1.29, 1.82) is 5.26 Å². The highest BCUT2D eigenvalue weighted by Crippen LogP contribution is 2.20. The second kappa shape index (κ2) is 5.19. The molecule has 2 rings (SSSR count). The van der Waals surface area contributed by atoms with Gasteiger partial charge in [0.15, 0.2) is 0 Å². The Morgan fingerprint density at radius 3 is 2.89 bits per heavy atom. The Kier molecular flexibility index (Phi) is 3.44. The van der Waals surface area contributed by atoms with E-state index in [-0.39, 0.29) is 0 Å². The summed E-state index contributed by atoms with van der Waals surface area (Å²) in [4.78, 5) is 4.16. The standard InChI is InChI=1S/C14H13N3O/c1-10-2-3-11(8-15)6-14(10)18-9-13-7-12(16)4-5-17-13/h2-7H,9H2,1H3,(H2,16,17). The molecule has 0 atom stereocenters. The van der Waals surface area contributed by atoms with Crippen molar-refractivity contribution in [3.63, 3.8) is 0 Å². The van der Waals surface area contributed by atoms with E-state index in [0.29, 0.717) is 23.6 Å². The first-order valence-electron chi connectivity index (χ1n) is 5.53. The average molecular weight is 239 g/mol. The van der Waals surface area contributed by atoms with Gasteiger partial charge in [0.25, 0.3) is 0 Å². The van der Waals surface area contributed by atoms with E-state index in [1.54, 1.807) is 30.5 Å². The van der Waals surface area contributed by atoms with Gasteiger partial charge in [0.05, 0.1) is 17.3 Å². The lowest BCUT2D eigenvalue weighted by Crippen LogP contribution is -2.00. The van der Waals surface area contributed by atoms with E-state index in [1.807, 2.05) is 13.0 Å². The maximum atomic E-state index is 8.84. The van der Waals surface area contributed by atoms with Crippen LogP contribution >= 0.6 is 0 Å². The van der Waals surface area contributed by atoms with Gasteiger partial charge < -0.3 is 10.5 Å². The molecule has 0 saturated heterocycles. The molecular weight excluding hydrogens is 226 g/mol. The van der Waals surface area contributed by atoms with Gasteiger partial charge in [0, 0.05) is 11.9 Å². The predicted octanol–water partition coefficient (Wildman–Crippen LogP) is 2.42. The van der Waals surface area contributed by atoms with Crippen molar-refractivity contribution < 1.29 is 4.74 Å². The zero-order valence-electron chi connectivity index (χ0n) is 10.1. The SMILES string of the molecule is Cc1ccc(C#N)cc1OCc1cc(N)ccn1. The maximum Gasteiger partial charge on any atom is 0.130 e. The third kappa shape index (κ3) is 2.77. The zero-order valence-corrected chi connectivity index (χ0v) is 10.1. The molecule has 4 heteroatoms. The molecule has 4 nitrogen and oxygen atoms in total. The zero-order chi connectivity index (χ0) is 13.0. The lowest BCUT2D eigenvalue weighted by Gasteiger charge is -2.09. The Bertz CT molecular complexity index is 602. The van der Waals surface area contributed by atoms with Gasteiger partial charge in [-0.1, -0.05) is 6.07 Å². The van der Waals surface area contributed by atoms with Gasteiger partial charge in [-0.25, -0.2) is 0 Å². The number of nitrogen functional groups attached to an aromatic ring is 1. The van der Waals surface area contributed by atoms with Crippen LogP contribution in [0.15, 0.2) is 36.5 Å². The van der Waals surface area contributed by atoms with Gasteiger partial charge in [0.2, 0.25) is 0 Å². The fourth-order valence-corrected chi connectivity index (χ4v) is 1.55. The van der Waals surface area contributed by atoms with Crippen molar-refractivity contribution in [3.05, 3.63) is 53.3 Å². The Balaban J connectivity index is 2.13. The molecular formula is C14H13N3O. The van der Waals surface area contributed by atoms with E-state index in [0.717, 1.165) is 11.3 Å². The number of aryl methyl sites for hydroxylation is 1. The van der Waals surface area contributed by atoms with Gasteiger partial charge in [-0.2, -0.15) is 5.26 Å². The highest BCUT2D eigenvalue weighted by molar-refractivity contribution is 5.42. The highest BCUT2D eigenvalue weighted by atomic mass is 16.5. The Morgan fingerprint density at radius 1 is 1.33 bits per heavy atom. The lowest BCUT2D eigenvalue weighted by molar-refractivity contribution is 0.299. The average Bonchev–Trinajstić information content (AvgIpc) is 2.38. The van der Waals surface area contributed by atoms with Crippen LogP contribution in [0.1, 0.15) is 16.8 Å². The molecule has 2 aromatic rings. The predicted molar refractivity (Wildman–Crippen MR) is 68.9 cm³/mol. The van der Waals surface area contributed by atoms with Gasteiger partial charge in [-0.05, 0) is 36.8 Å². The molecule has 1 aromatic carbocycles. The molecule has 18 heavy (non-hydrogen) atoms. The molecule has 0 radical (unpaired) electrons. The number of ether oxygens (including phenoxy) is 1. The number of nitrogens with zero attached hydrogens (tertiary/aromatic N) is 2. The van der Waals surface area contributed by atoms with Crippen molar-refractivity contribution >= 4 is 5.69 Å². The van der Waals surface area contributed by atoms with Crippen molar-refractivity contribution in [2.24, 2.45) is 0 Å². The topological polar surface area (TPSA) is 71.9 Å². The molecule has 2 N–H and O–H groups in total. The minimum atomic E-state index is 0.334. The third-order valence-electron chi connectivity index (χ3n) is 2.53. The Labute approximate surface area is 106 Å². The van der Waals surface area contributed by atoms with Crippen LogP contribution in [-0.2, 0) is 6.61 Å². The number of nitrogens with two attached hydrogens (primary N) is 1. The minimum Gasteiger partial charge on any atom is -0.487 e. The third-order valence-corrected chi connectivity index (χ3v) is 2.53. The number of pyridine rings is 1. The van der Waals surface area contributed by atoms with Crippen LogP contribution in [0.25, 0.3) is 0 Å². The number of nitriles is 1. The van der Waals surface area contributed by atoms with Crippen molar-refractivity contribution in [3.8, 4) is 11.8 Å². The van der Waals surface area contributed by atoms with Gasteiger partial charge >= 0.3 is 0 Å². The Morgan fingerprint density at radius 2 is 2.17 bits per heavy atom. The van der Waals surface area contributed by atoms with Crippen molar-refractivity contribution in [2.75, 3.05) is 5.73 Å². The molecule has 0 aliphatic heterocycles. The highest BCUT2D eigenvalue weighted by Gasteiger charge is 2.03. The van der Waals surface area contributed by atoms with Crippen LogP contribution in [-0.4, -0.2) is 4.98 Å². The van der Waals surface area contributed by atoms with Crippen molar-refractivity contribution in [1.82, 2.24) is 4.98 Å². The molecule has 0 unspecified atom stereocenters. The summed E-state index contributed by atoms with van der Waals surface area (Å²) in [5.41, 5.74) is 8.65. The summed E-state index contributed by atoms with van der Waals surface area (Å²) in [5.74, 6) is 0.693. The molecule has 0 spiro atoms. The van der Waals surface area contributed by atoms with E-state index in [2.05, 4.69) is 11.1 Å². The molecule has 0 amide bonds. The molecule has 0 bridgehead atoms. The monoisotopic (exact) mass is 239 g/mol. The second-order valence-electron chi connectivity index (χ2n) is 3.96. The molecule has 0 aliphatic rings. The van der Waals surface area contributed by atoms with E-state index >= 15 is 0 Å². The summed E-state index contributed by atoms with van der Waals surface area (Å²) in [5, 5.41) is 8.84. The number of hydrogen-bond donors (Lipinski definition) is 1. The largest absolute Gasteiger partial charge is 0.487 e. The first-order valence-corrected chi connectivity index (χ1v) is 5.53. The molecule has 0 fully saturated rings. The van der Waals surface area contributed by atoms with E-state index < -0.39 is 0 Å². The molecule has 1 aromatic heterocycles. The second-order valence-corrected chi connectivity index (χ2v) is 3.96. The summed E-state index contributed by atoms with van der Waals surface area (Å²) >= 11 is 0.